The van der Waals surface area contributed by atoms with Gasteiger partial charge in [-0.25, -0.2) is 13.4 Å². The summed E-state index contributed by atoms with van der Waals surface area (Å²) in [5, 5.41) is 0.972. The number of amides is 1. The molecule has 2 aromatic carbocycles. The van der Waals surface area contributed by atoms with Crippen LogP contribution in [-0.4, -0.2) is 67.8 Å². The summed E-state index contributed by atoms with van der Waals surface area (Å²) in [6, 6.07) is 12.5. The molecule has 10 heteroatoms. The first-order valence-electron chi connectivity index (χ1n) is 10.5. The van der Waals surface area contributed by atoms with Crippen molar-refractivity contribution in [2.24, 2.45) is 0 Å². The van der Waals surface area contributed by atoms with Crippen LogP contribution in [0.15, 0.2) is 51.8 Å². The number of aromatic nitrogens is 1. The molecule has 1 aliphatic heterocycles. The molecule has 0 spiro atoms. The van der Waals surface area contributed by atoms with Crippen LogP contribution in [0, 0.1) is 0 Å². The molecule has 3 aromatic rings. The first-order valence-corrected chi connectivity index (χ1v) is 13.6. The number of thiazole rings is 1. The van der Waals surface area contributed by atoms with E-state index in [1.54, 1.807) is 30.5 Å². The Labute approximate surface area is 199 Å². The van der Waals surface area contributed by atoms with Crippen LogP contribution in [0.25, 0.3) is 10.2 Å². The van der Waals surface area contributed by atoms with Gasteiger partial charge in [-0.05, 0) is 55.3 Å². The van der Waals surface area contributed by atoms with Gasteiger partial charge >= 0.3 is 0 Å². The standard InChI is InChI=1S/C22H23BrN4O3S2/c1-25(17-5-6-17)32(29,30)18-7-2-15(3-8-18)21(28)26-10-12-27(13-11-26)22-24-19-9-4-16(23)14-20(19)31-22/h2-4,7-9,14,17H,5-6,10-13H2,1H3. The molecule has 0 unspecified atom stereocenters. The average Bonchev–Trinajstić information content (AvgIpc) is 3.57. The number of rotatable bonds is 5. The van der Waals surface area contributed by atoms with Crippen LogP contribution in [-0.2, 0) is 10.0 Å². The predicted octanol–water partition coefficient (Wildman–Crippen LogP) is 3.80. The third kappa shape index (κ3) is 4.16. The van der Waals surface area contributed by atoms with Crippen molar-refractivity contribution in [1.29, 1.82) is 0 Å². The van der Waals surface area contributed by atoms with Crippen molar-refractivity contribution in [2.75, 3.05) is 38.1 Å². The maximum absolute atomic E-state index is 13.0. The van der Waals surface area contributed by atoms with Crippen LogP contribution in [0.2, 0.25) is 0 Å². The van der Waals surface area contributed by atoms with Crippen molar-refractivity contribution >= 4 is 58.5 Å². The number of halogens is 1. The number of anilines is 1. The summed E-state index contributed by atoms with van der Waals surface area (Å²) in [6.45, 7) is 2.63. The minimum absolute atomic E-state index is 0.0719. The highest BCUT2D eigenvalue weighted by atomic mass is 79.9. The van der Waals surface area contributed by atoms with E-state index in [2.05, 4.69) is 26.9 Å². The van der Waals surface area contributed by atoms with Crippen molar-refractivity contribution in [3.8, 4) is 0 Å². The second kappa shape index (κ2) is 8.40. The number of carbonyl (C=O) groups is 1. The largest absolute Gasteiger partial charge is 0.345 e. The van der Waals surface area contributed by atoms with Crippen LogP contribution < -0.4 is 4.90 Å². The van der Waals surface area contributed by atoms with E-state index in [0.717, 1.165) is 32.7 Å². The molecular formula is C22H23BrN4O3S2. The molecule has 5 rings (SSSR count). The van der Waals surface area contributed by atoms with Crippen molar-refractivity contribution in [2.45, 2.75) is 23.8 Å². The molecule has 1 saturated carbocycles. The van der Waals surface area contributed by atoms with Crippen molar-refractivity contribution in [1.82, 2.24) is 14.2 Å². The SMILES string of the molecule is CN(C1CC1)S(=O)(=O)c1ccc(C(=O)N2CCN(c3nc4ccc(Br)cc4s3)CC2)cc1. The highest BCUT2D eigenvalue weighted by Gasteiger charge is 2.35. The monoisotopic (exact) mass is 534 g/mol. The molecule has 1 saturated heterocycles. The fourth-order valence-corrected chi connectivity index (χ4v) is 6.86. The summed E-state index contributed by atoms with van der Waals surface area (Å²) in [7, 11) is -1.88. The van der Waals surface area contributed by atoms with E-state index in [-0.39, 0.29) is 16.8 Å². The van der Waals surface area contributed by atoms with E-state index in [9.17, 15) is 13.2 Å². The van der Waals surface area contributed by atoms with E-state index >= 15 is 0 Å². The number of benzene rings is 2. The summed E-state index contributed by atoms with van der Waals surface area (Å²) >= 11 is 5.16. The third-order valence-corrected chi connectivity index (χ3v) is 9.51. The maximum atomic E-state index is 13.0. The molecule has 2 fully saturated rings. The summed E-state index contributed by atoms with van der Waals surface area (Å²) in [5.74, 6) is -0.0719. The van der Waals surface area contributed by atoms with Crippen molar-refractivity contribution in [3.05, 3.63) is 52.5 Å². The van der Waals surface area contributed by atoms with E-state index < -0.39 is 10.0 Å². The zero-order valence-electron chi connectivity index (χ0n) is 17.6. The molecule has 0 N–H and O–H groups in total. The zero-order valence-corrected chi connectivity index (χ0v) is 20.8. The van der Waals surface area contributed by atoms with Crippen molar-refractivity contribution < 1.29 is 13.2 Å². The van der Waals surface area contributed by atoms with Crippen molar-refractivity contribution in [3.63, 3.8) is 0 Å². The molecular weight excluding hydrogens is 512 g/mol. The van der Waals surface area contributed by atoms with Gasteiger partial charge in [-0.3, -0.25) is 4.79 Å². The second-order valence-electron chi connectivity index (χ2n) is 8.16. The van der Waals surface area contributed by atoms with E-state index in [0.29, 0.717) is 31.7 Å². The van der Waals surface area contributed by atoms with Gasteiger partial charge in [0.15, 0.2) is 5.13 Å². The van der Waals surface area contributed by atoms with Crippen LogP contribution >= 0.6 is 27.3 Å². The van der Waals surface area contributed by atoms with Gasteiger partial charge in [0.2, 0.25) is 10.0 Å². The molecule has 2 aliphatic rings. The van der Waals surface area contributed by atoms with Gasteiger partial charge in [-0.2, -0.15) is 4.31 Å². The first-order chi connectivity index (χ1) is 15.3. The number of nitrogens with zero attached hydrogens (tertiary/aromatic N) is 4. The quantitative estimate of drug-likeness (QED) is 0.497. The van der Waals surface area contributed by atoms with Gasteiger partial charge in [0.25, 0.3) is 5.91 Å². The molecule has 7 nitrogen and oxygen atoms in total. The zero-order chi connectivity index (χ0) is 22.5. The molecule has 1 amide bonds. The lowest BCUT2D eigenvalue weighted by molar-refractivity contribution is 0.0746. The molecule has 0 bridgehead atoms. The van der Waals surface area contributed by atoms with E-state index in [4.69, 9.17) is 4.98 Å². The highest BCUT2D eigenvalue weighted by molar-refractivity contribution is 9.10. The van der Waals surface area contributed by atoms with Gasteiger partial charge in [-0.1, -0.05) is 27.3 Å². The first kappa shape index (κ1) is 21.8. The van der Waals surface area contributed by atoms with Crippen LogP contribution in [0.5, 0.6) is 0 Å². The maximum Gasteiger partial charge on any atom is 0.253 e. The lowest BCUT2D eigenvalue weighted by Gasteiger charge is -2.34. The minimum Gasteiger partial charge on any atom is -0.345 e. The van der Waals surface area contributed by atoms with E-state index in [1.165, 1.54) is 16.4 Å². The van der Waals surface area contributed by atoms with Gasteiger partial charge in [-0.15, -0.1) is 0 Å². The van der Waals surface area contributed by atoms with E-state index in [1.807, 2.05) is 17.0 Å². The minimum atomic E-state index is -3.50. The summed E-state index contributed by atoms with van der Waals surface area (Å²) in [5.41, 5.74) is 1.49. The second-order valence-corrected chi connectivity index (χ2v) is 12.1. The summed E-state index contributed by atoms with van der Waals surface area (Å²) in [6.07, 6.45) is 1.82. The molecule has 0 radical (unpaired) electrons. The number of hydrogen-bond acceptors (Lipinski definition) is 6. The number of hydrogen-bond donors (Lipinski definition) is 0. The Bertz CT molecular complexity index is 1260. The number of fused-ring (bicyclic) bond motifs is 1. The lowest BCUT2D eigenvalue weighted by atomic mass is 10.2. The Morgan fingerprint density at radius 3 is 2.44 bits per heavy atom. The molecule has 0 atom stereocenters. The fourth-order valence-electron chi connectivity index (χ4n) is 3.88. The average molecular weight is 535 g/mol. The van der Waals surface area contributed by atoms with Crippen LogP contribution in [0.1, 0.15) is 23.2 Å². The molecule has 1 aromatic heterocycles. The Morgan fingerprint density at radius 1 is 1.09 bits per heavy atom. The van der Waals surface area contributed by atoms with Gasteiger partial charge in [0.05, 0.1) is 15.1 Å². The summed E-state index contributed by atoms with van der Waals surface area (Å²) < 4.78 is 28.9. The van der Waals surface area contributed by atoms with Gasteiger partial charge < -0.3 is 9.80 Å². The fraction of sp³-hybridized carbons (Fsp3) is 0.364. The summed E-state index contributed by atoms with van der Waals surface area (Å²) in [4.78, 5) is 22.0. The third-order valence-electron chi connectivity index (χ3n) is 6.02. The predicted molar refractivity (Wildman–Crippen MR) is 130 cm³/mol. The Morgan fingerprint density at radius 2 is 1.78 bits per heavy atom. The Kier molecular flexibility index (Phi) is 5.73. The number of piperazine rings is 1. The Balaban J connectivity index is 1.24. The number of sulfonamides is 1. The molecule has 2 heterocycles. The van der Waals surface area contributed by atoms with Gasteiger partial charge in [0, 0.05) is 49.3 Å². The topological polar surface area (TPSA) is 73.8 Å². The molecule has 1 aliphatic carbocycles. The van der Waals surface area contributed by atoms with Gasteiger partial charge in [0.1, 0.15) is 0 Å². The molecule has 32 heavy (non-hydrogen) atoms. The lowest BCUT2D eigenvalue weighted by Crippen LogP contribution is -2.48. The Hall–Kier alpha value is -2.01. The smallest absolute Gasteiger partial charge is 0.253 e. The highest BCUT2D eigenvalue weighted by Crippen LogP contribution is 2.32. The number of carbonyl (C=O) groups excluding carboxylic acids is 1. The normalized spacial score (nSPS) is 17.3. The molecule has 168 valence electrons. The van der Waals surface area contributed by atoms with Crippen LogP contribution in [0.4, 0.5) is 5.13 Å². The van der Waals surface area contributed by atoms with Crippen LogP contribution in [0.3, 0.4) is 0 Å².